The van der Waals surface area contributed by atoms with E-state index in [9.17, 15) is 4.79 Å². The third-order valence-corrected chi connectivity index (χ3v) is 5.03. The number of benzene rings is 1. The van der Waals surface area contributed by atoms with Crippen LogP contribution in [0.5, 0.6) is 5.88 Å². The van der Waals surface area contributed by atoms with Crippen LogP contribution < -0.4 is 4.74 Å². The Bertz CT molecular complexity index is 985. The molecule has 0 aliphatic carbocycles. The fourth-order valence-electron chi connectivity index (χ4n) is 3.31. The lowest BCUT2D eigenvalue weighted by molar-refractivity contribution is -0.128. The number of halogens is 1. The lowest BCUT2D eigenvalue weighted by Crippen LogP contribution is -2.29. The maximum Gasteiger partial charge on any atom is 0.235 e. The van der Waals surface area contributed by atoms with Crippen LogP contribution in [0.1, 0.15) is 19.0 Å². The number of nitrogens with one attached hydrogen (secondary N) is 1. The SMILES string of the molecule is CC(=O)N1CCC(Oc2ncc(-c3c[nH]c4c(Cl)cccc34)nc2C)C1. The monoisotopic (exact) mass is 370 g/mol. The van der Waals surface area contributed by atoms with Crippen molar-refractivity contribution in [1.82, 2.24) is 19.9 Å². The lowest BCUT2D eigenvalue weighted by Gasteiger charge is -2.16. The first-order chi connectivity index (χ1) is 12.5. The molecule has 0 bridgehead atoms. The van der Waals surface area contributed by atoms with Crippen LogP contribution in [-0.2, 0) is 4.79 Å². The van der Waals surface area contributed by atoms with Gasteiger partial charge in [0.05, 0.1) is 29.0 Å². The second-order valence-corrected chi connectivity index (χ2v) is 6.91. The second kappa shape index (κ2) is 6.61. The van der Waals surface area contributed by atoms with E-state index in [-0.39, 0.29) is 12.0 Å². The summed E-state index contributed by atoms with van der Waals surface area (Å²) in [6, 6.07) is 5.77. The zero-order chi connectivity index (χ0) is 18.3. The molecule has 1 amide bonds. The quantitative estimate of drug-likeness (QED) is 0.764. The van der Waals surface area contributed by atoms with Crippen LogP contribution in [-0.4, -0.2) is 45.0 Å². The molecule has 1 aliphatic rings. The predicted molar refractivity (Wildman–Crippen MR) is 100 cm³/mol. The zero-order valence-corrected chi connectivity index (χ0v) is 15.4. The van der Waals surface area contributed by atoms with Crippen molar-refractivity contribution in [3.8, 4) is 17.1 Å². The largest absolute Gasteiger partial charge is 0.471 e. The van der Waals surface area contributed by atoms with Gasteiger partial charge < -0.3 is 14.6 Å². The number of amides is 1. The van der Waals surface area contributed by atoms with Crippen molar-refractivity contribution in [2.75, 3.05) is 13.1 Å². The van der Waals surface area contributed by atoms with Crippen molar-refractivity contribution in [2.24, 2.45) is 0 Å². The molecule has 4 rings (SSSR count). The first-order valence-electron chi connectivity index (χ1n) is 8.54. The van der Waals surface area contributed by atoms with E-state index in [1.54, 1.807) is 18.0 Å². The summed E-state index contributed by atoms with van der Waals surface area (Å²) in [7, 11) is 0. The number of rotatable bonds is 3. The number of para-hydroxylation sites is 1. The maximum absolute atomic E-state index is 11.4. The number of aromatic nitrogens is 3. The molecule has 26 heavy (non-hydrogen) atoms. The highest BCUT2D eigenvalue weighted by Gasteiger charge is 2.26. The van der Waals surface area contributed by atoms with E-state index < -0.39 is 0 Å². The number of hydrogen-bond acceptors (Lipinski definition) is 4. The summed E-state index contributed by atoms with van der Waals surface area (Å²) in [6.07, 6.45) is 4.37. The first kappa shape index (κ1) is 16.8. The summed E-state index contributed by atoms with van der Waals surface area (Å²) in [5.74, 6) is 0.592. The van der Waals surface area contributed by atoms with Crippen molar-refractivity contribution in [1.29, 1.82) is 0 Å². The molecule has 1 atom stereocenters. The van der Waals surface area contributed by atoms with Crippen LogP contribution in [0.2, 0.25) is 5.02 Å². The van der Waals surface area contributed by atoms with Crippen LogP contribution in [0.25, 0.3) is 22.2 Å². The molecule has 0 saturated carbocycles. The van der Waals surface area contributed by atoms with Crippen LogP contribution >= 0.6 is 11.6 Å². The summed E-state index contributed by atoms with van der Waals surface area (Å²) in [4.78, 5) is 25.6. The lowest BCUT2D eigenvalue weighted by atomic mass is 10.1. The predicted octanol–water partition coefficient (Wildman–Crippen LogP) is 3.59. The van der Waals surface area contributed by atoms with Gasteiger partial charge >= 0.3 is 0 Å². The molecule has 134 valence electrons. The van der Waals surface area contributed by atoms with Gasteiger partial charge in [0.1, 0.15) is 11.8 Å². The highest BCUT2D eigenvalue weighted by Crippen LogP contribution is 2.32. The minimum absolute atomic E-state index is 0.0374. The summed E-state index contributed by atoms with van der Waals surface area (Å²) >= 11 is 6.23. The Morgan fingerprint density at radius 3 is 3.00 bits per heavy atom. The number of nitrogens with zero attached hydrogens (tertiary/aromatic N) is 3. The van der Waals surface area contributed by atoms with Gasteiger partial charge in [0.15, 0.2) is 0 Å². The molecule has 1 saturated heterocycles. The number of aromatic amines is 1. The van der Waals surface area contributed by atoms with Gasteiger partial charge in [0, 0.05) is 37.0 Å². The Morgan fingerprint density at radius 2 is 2.27 bits per heavy atom. The van der Waals surface area contributed by atoms with Crippen LogP contribution in [0, 0.1) is 6.92 Å². The van der Waals surface area contributed by atoms with E-state index in [0.717, 1.165) is 40.8 Å². The molecule has 1 unspecified atom stereocenters. The third-order valence-electron chi connectivity index (χ3n) is 4.71. The molecular formula is C19H19ClN4O2. The van der Waals surface area contributed by atoms with Crippen molar-refractivity contribution >= 4 is 28.4 Å². The third kappa shape index (κ3) is 3.01. The van der Waals surface area contributed by atoms with E-state index in [2.05, 4.69) is 15.0 Å². The van der Waals surface area contributed by atoms with Crippen LogP contribution in [0.15, 0.2) is 30.6 Å². The van der Waals surface area contributed by atoms with Crippen molar-refractivity contribution < 1.29 is 9.53 Å². The molecule has 7 heteroatoms. The smallest absolute Gasteiger partial charge is 0.235 e. The van der Waals surface area contributed by atoms with E-state index in [1.807, 2.05) is 31.3 Å². The van der Waals surface area contributed by atoms with Gasteiger partial charge in [0.25, 0.3) is 0 Å². The summed E-state index contributed by atoms with van der Waals surface area (Å²) in [5, 5.41) is 1.68. The van der Waals surface area contributed by atoms with Crippen molar-refractivity contribution in [3.05, 3.63) is 41.3 Å². The van der Waals surface area contributed by atoms with E-state index >= 15 is 0 Å². The molecule has 0 radical (unpaired) electrons. The van der Waals surface area contributed by atoms with Gasteiger partial charge in [-0.2, -0.15) is 0 Å². The van der Waals surface area contributed by atoms with E-state index in [1.165, 1.54) is 0 Å². The molecule has 2 aromatic heterocycles. The molecule has 3 aromatic rings. The molecule has 1 fully saturated rings. The number of ether oxygens (including phenoxy) is 1. The number of H-pyrrole nitrogens is 1. The molecule has 1 aromatic carbocycles. The number of hydrogen-bond donors (Lipinski definition) is 1. The Morgan fingerprint density at radius 1 is 1.42 bits per heavy atom. The number of aryl methyl sites for hydroxylation is 1. The van der Waals surface area contributed by atoms with E-state index in [0.29, 0.717) is 17.4 Å². The molecular weight excluding hydrogens is 352 g/mol. The Labute approximate surface area is 156 Å². The Balaban J connectivity index is 1.58. The van der Waals surface area contributed by atoms with Crippen molar-refractivity contribution in [2.45, 2.75) is 26.4 Å². The zero-order valence-electron chi connectivity index (χ0n) is 14.6. The van der Waals surface area contributed by atoms with Crippen molar-refractivity contribution in [3.63, 3.8) is 0 Å². The topological polar surface area (TPSA) is 71.1 Å². The Hall–Kier alpha value is -2.60. The maximum atomic E-state index is 11.4. The molecule has 0 spiro atoms. The number of likely N-dealkylation sites (tertiary alicyclic amines) is 1. The highest BCUT2D eigenvalue weighted by molar-refractivity contribution is 6.35. The molecule has 1 N–H and O–H groups in total. The first-order valence-corrected chi connectivity index (χ1v) is 8.92. The fraction of sp³-hybridized carbons (Fsp3) is 0.316. The summed E-state index contributed by atoms with van der Waals surface area (Å²) < 4.78 is 5.97. The minimum Gasteiger partial charge on any atom is -0.471 e. The van der Waals surface area contributed by atoms with Crippen LogP contribution in [0.3, 0.4) is 0 Å². The summed E-state index contributed by atoms with van der Waals surface area (Å²) in [6.45, 7) is 4.78. The van der Waals surface area contributed by atoms with Gasteiger partial charge in [-0.05, 0) is 13.0 Å². The number of carbonyl (C=O) groups is 1. The van der Waals surface area contributed by atoms with Gasteiger partial charge in [-0.3, -0.25) is 4.79 Å². The Kier molecular flexibility index (Phi) is 4.28. The fourth-order valence-corrected chi connectivity index (χ4v) is 3.54. The molecule has 1 aliphatic heterocycles. The molecule has 3 heterocycles. The average Bonchev–Trinajstić information content (AvgIpc) is 3.24. The number of carbonyl (C=O) groups excluding carboxylic acids is 1. The highest BCUT2D eigenvalue weighted by atomic mass is 35.5. The minimum atomic E-state index is -0.0374. The standard InChI is InChI=1S/C19H19ClN4O2/c1-11-19(26-13-6-7-24(10-13)12(2)25)22-9-17(23-11)15-8-21-18-14(15)4-3-5-16(18)20/h3-5,8-9,13,21H,6-7,10H2,1-2H3. The normalized spacial score (nSPS) is 17.0. The van der Waals surface area contributed by atoms with Gasteiger partial charge in [-0.1, -0.05) is 23.7 Å². The van der Waals surface area contributed by atoms with Gasteiger partial charge in [-0.25, -0.2) is 9.97 Å². The van der Waals surface area contributed by atoms with E-state index in [4.69, 9.17) is 16.3 Å². The average molecular weight is 371 g/mol. The van der Waals surface area contributed by atoms with Crippen LogP contribution in [0.4, 0.5) is 0 Å². The van der Waals surface area contributed by atoms with Gasteiger partial charge in [-0.15, -0.1) is 0 Å². The summed E-state index contributed by atoms with van der Waals surface area (Å²) in [5.41, 5.74) is 3.33. The van der Waals surface area contributed by atoms with Gasteiger partial charge in [0.2, 0.25) is 11.8 Å². The number of fused-ring (bicyclic) bond motifs is 1. The molecule has 6 nitrogen and oxygen atoms in total. The second-order valence-electron chi connectivity index (χ2n) is 6.50.